The Kier molecular flexibility index (Phi) is 8.53. The Bertz CT molecular complexity index is 1060. The second-order valence-corrected chi connectivity index (χ2v) is 7.04. The highest BCUT2D eigenvalue weighted by Crippen LogP contribution is 2.16. The first-order valence-corrected chi connectivity index (χ1v) is 10.1. The van der Waals surface area contributed by atoms with Crippen LogP contribution >= 0.6 is 0 Å². The zero-order valence-electron chi connectivity index (χ0n) is 17.6. The minimum Gasteiger partial charge on any atom is -0.489 e. The molecular formula is C25H22FNO6. The largest absolute Gasteiger partial charge is 0.503 e. The minimum absolute atomic E-state index is 0.0239. The normalized spacial score (nSPS) is 11.2. The van der Waals surface area contributed by atoms with Crippen LogP contribution < -0.4 is 10.1 Å². The average Bonchev–Trinajstić information content (AvgIpc) is 2.83. The van der Waals surface area contributed by atoms with Gasteiger partial charge in [-0.25, -0.2) is 14.4 Å². The van der Waals surface area contributed by atoms with Crippen molar-refractivity contribution in [3.05, 3.63) is 102 Å². The molecule has 3 aromatic rings. The van der Waals surface area contributed by atoms with E-state index in [1.54, 1.807) is 48.5 Å². The van der Waals surface area contributed by atoms with Gasteiger partial charge in [0, 0.05) is 6.42 Å². The highest BCUT2D eigenvalue weighted by Gasteiger charge is 2.26. The summed E-state index contributed by atoms with van der Waals surface area (Å²) in [5.74, 6) is -0.625. The number of hydrogen-bond acceptors (Lipinski definition) is 6. The lowest BCUT2D eigenvalue weighted by molar-refractivity contribution is -0.140. The smallest absolute Gasteiger partial charge is 0.489 e. The monoisotopic (exact) mass is 451 g/mol. The topological polar surface area (TPSA) is 90.9 Å². The Morgan fingerprint density at radius 1 is 0.758 bits per heavy atom. The number of nitrogens with one attached hydrogen (secondary N) is 1. The number of ether oxygens (including phenoxy) is 3. The maximum absolute atomic E-state index is 12.6. The molecule has 0 saturated heterocycles. The molecule has 7 nitrogen and oxygen atoms in total. The van der Waals surface area contributed by atoms with Crippen molar-refractivity contribution in [3.63, 3.8) is 0 Å². The van der Waals surface area contributed by atoms with Crippen LogP contribution in [0.2, 0.25) is 0 Å². The van der Waals surface area contributed by atoms with Crippen molar-refractivity contribution in [2.24, 2.45) is 0 Å². The van der Waals surface area contributed by atoms with Crippen LogP contribution in [0.3, 0.4) is 0 Å². The van der Waals surface area contributed by atoms with Crippen LogP contribution in [0, 0.1) is 0 Å². The van der Waals surface area contributed by atoms with Crippen LogP contribution in [0.4, 0.5) is 14.0 Å². The van der Waals surface area contributed by atoms with Gasteiger partial charge in [0.25, 0.3) is 0 Å². The van der Waals surface area contributed by atoms with E-state index in [2.05, 4.69) is 10.1 Å². The summed E-state index contributed by atoms with van der Waals surface area (Å²) >= 11 is 0. The summed E-state index contributed by atoms with van der Waals surface area (Å²) in [7, 11) is 0. The highest BCUT2D eigenvalue weighted by molar-refractivity contribution is 5.88. The number of rotatable bonds is 9. The Hall–Kier alpha value is -4.20. The molecule has 1 amide bonds. The molecule has 170 valence electrons. The van der Waals surface area contributed by atoms with E-state index in [0.717, 1.165) is 11.1 Å². The Balaban J connectivity index is 1.58. The molecule has 0 fully saturated rings. The predicted molar refractivity (Wildman–Crippen MR) is 117 cm³/mol. The zero-order valence-corrected chi connectivity index (χ0v) is 17.6. The van der Waals surface area contributed by atoms with Crippen molar-refractivity contribution in [1.29, 1.82) is 0 Å². The van der Waals surface area contributed by atoms with Gasteiger partial charge < -0.3 is 19.5 Å². The van der Waals surface area contributed by atoms with E-state index in [9.17, 15) is 18.8 Å². The quantitative estimate of drug-likeness (QED) is 0.287. The van der Waals surface area contributed by atoms with Crippen molar-refractivity contribution in [3.8, 4) is 5.75 Å². The Morgan fingerprint density at radius 2 is 1.33 bits per heavy atom. The molecule has 8 heteroatoms. The fourth-order valence-electron chi connectivity index (χ4n) is 2.95. The van der Waals surface area contributed by atoms with E-state index in [4.69, 9.17) is 9.47 Å². The fourth-order valence-corrected chi connectivity index (χ4v) is 2.95. The standard InChI is InChI=1S/C25H22FNO6/c26-24(29)33-23(28)22(27-25(30)32-17-20-9-5-2-6-10-20)15-18-11-13-21(14-12-18)31-16-19-7-3-1-4-8-19/h1-14,22H,15-17H2,(H,27,30). The summed E-state index contributed by atoms with van der Waals surface area (Å²) in [6.45, 7) is 0.368. The van der Waals surface area contributed by atoms with Gasteiger partial charge >= 0.3 is 18.3 Å². The minimum atomic E-state index is -2.26. The number of benzene rings is 3. The van der Waals surface area contributed by atoms with Gasteiger partial charge in [0.1, 0.15) is 25.0 Å². The molecule has 1 N–H and O–H groups in total. The van der Waals surface area contributed by atoms with Crippen molar-refractivity contribution >= 4 is 18.3 Å². The van der Waals surface area contributed by atoms with Gasteiger partial charge in [0.05, 0.1) is 0 Å². The number of esters is 1. The van der Waals surface area contributed by atoms with Crippen LogP contribution in [0.1, 0.15) is 16.7 Å². The van der Waals surface area contributed by atoms with Crippen LogP contribution in [0.25, 0.3) is 0 Å². The summed E-state index contributed by atoms with van der Waals surface area (Å²) < 4.78 is 27.4. The molecule has 3 aromatic carbocycles. The number of hydrogen-bond donors (Lipinski definition) is 1. The first-order chi connectivity index (χ1) is 16.0. The number of carbonyl (C=O) groups excluding carboxylic acids is 3. The molecule has 0 aromatic heterocycles. The zero-order chi connectivity index (χ0) is 23.5. The number of amides is 1. The molecule has 0 saturated carbocycles. The molecule has 0 radical (unpaired) electrons. The average molecular weight is 451 g/mol. The fraction of sp³-hybridized carbons (Fsp3) is 0.160. The third kappa shape index (κ3) is 8.10. The second kappa shape index (κ2) is 12.0. The second-order valence-electron chi connectivity index (χ2n) is 7.04. The van der Waals surface area contributed by atoms with Gasteiger partial charge in [-0.2, -0.15) is 0 Å². The van der Waals surface area contributed by atoms with Gasteiger partial charge in [-0.05, 0) is 28.8 Å². The molecule has 1 unspecified atom stereocenters. The molecule has 33 heavy (non-hydrogen) atoms. The molecule has 0 spiro atoms. The number of alkyl carbamates (subject to hydrolysis) is 1. The van der Waals surface area contributed by atoms with E-state index >= 15 is 0 Å². The van der Waals surface area contributed by atoms with E-state index in [-0.39, 0.29) is 13.0 Å². The lowest BCUT2D eigenvalue weighted by Gasteiger charge is -2.16. The molecule has 0 heterocycles. The van der Waals surface area contributed by atoms with Gasteiger partial charge in [-0.3, -0.25) is 0 Å². The molecule has 0 aliphatic rings. The van der Waals surface area contributed by atoms with Crippen molar-refractivity contribution in [1.82, 2.24) is 5.32 Å². The first kappa shape index (κ1) is 23.5. The summed E-state index contributed by atoms with van der Waals surface area (Å²) in [6, 6.07) is 24.0. The number of carbonyl (C=O) groups is 3. The van der Waals surface area contributed by atoms with Crippen LogP contribution in [-0.2, 0) is 33.9 Å². The van der Waals surface area contributed by atoms with Crippen molar-refractivity contribution in [2.45, 2.75) is 25.7 Å². The van der Waals surface area contributed by atoms with Gasteiger partial charge in [0.2, 0.25) is 0 Å². The van der Waals surface area contributed by atoms with Gasteiger partial charge in [-0.1, -0.05) is 72.8 Å². The summed E-state index contributed by atoms with van der Waals surface area (Å²) in [4.78, 5) is 34.8. The molecule has 0 aliphatic carbocycles. The van der Waals surface area contributed by atoms with Crippen LogP contribution in [0.5, 0.6) is 5.75 Å². The van der Waals surface area contributed by atoms with Crippen molar-refractivity contribution < 1.29 is 33.0 Å². The molecule has 0 bridgehead atoms. The molecule has 3 rings (SSSR count). The summed E-state index contributed by atoms with van der Waals surface area (Å²) in [5.41, 5.74) is 2.38. The molecular weight excluding hydrogens is 429 g/mol. The van der Waals surface area contributed by atoms with Gasteiger partial charge in [0.15, 0.2) is 0 Å². The molecule has 1 atom stereocenters. The predicted octanol–water partition coefficient (Wildman–Crippen LogP) is 4.74. The van der Waals surface area contributed by atoms with Crippen LogP contribution in [-0.4, -0.2) is 24.3 Å². The van der Waals surface area contributed by atoms with Crippen molar-refractivity contribution in [2.75, 3.05) is 0 Å². The lowest BCUT2D eigenvalue weighted by atomic mass is 10.1. The summed E-state index contributed by atoms with van der Waals surface area (Å²) in [5, 5.41) is 2.32. The Morgan fingerprint density at radius 3 is 1.91 bits per heavy atom. The maximum Gasteiger partial charge on any atom is 0.503 e. The maximum atomic E-state index is 12.6. The van der Waals surface area contributed by atoms with E-state index in [0.29, 0.717) is 17.9 Å². The van der Waals surface area contributed by atoms with E-state index in [1.165, 1.54) is 0 Å². The third-order valence-electron chi connectivity index (χ3n) is 4.58. The lowest BCUT2D eigenvalue weighted by Crippen LogP contribution is -2.43. The van der Waals surface area contributed by atoms with Gasteiger partial charge in [-0.15, -0.1) is 4.39 Å². The number of halogens is 1. The third-order valence-corrected chi connectivity index (χ3v) is 4.58. The van der Waals surface area contributed by atoms with E-state index in [1.807, 2.05) is 36.4 Å². The Labute approximate surface area is 190 Å². The summed E-state index contributed by atoms with van der Waals surface area (Å²) in [6.07, 6.45) is -3.21. The first-order valence-electron chi connectivity index (χ1n) is 10.1. The van der Waals surface area contributed by atoms with Crippen LogP contribution in [0.15, 0.2) is 84.9 Å². The SMILES string of the molecule is O=C(F)OC(=O)C(Cc1ccc(OCc2ccccc2)cc1)NC(=O)OCc1ccccc1. The molecule has 0 aliphatic heterocycles. The van der Waals surface area contributed by atoms with E-state index < -0.39 is 24.3 Å². The highest BCUT2D eigenvalue weighted by atomic mass is 19.1.